The Morgan fingerprint density at radius 3 is 2.15 bits per heavy atom. The van der Waals surface area contributed by atoms with Gasteiger partial charge in [-0.3, -0.25) is 9.59 Å². The monoisotopic (exact) mass is 455 g/mol. The van der Waals surface area contributed by atoms with Crippen molar-refractivity contribution in [3.05, 3.63) is 94.5 Å². The molecule has 1 aliphatic heterocycles. The number of piperazine rings is 1. The van der Waals surface area contributed by atoms with Crippen molar-refractivity contribution in [1.29, 1.82) is 0 Å². The number of carbonyl (C=O) groups is 2. The lowest BCUT2D eigenvalue weighted by molar-refractivity contribution is 0.0746. The molecule has 0 atom stereocenters. The van der Waals surface area contributed by atoms with E-state index in [1.54, 1.807) is 47.7 Å². The number of anilines is 1. The van der Waals surface area contributed by atoms with Crippen LogP contribution in [-0.2, 0) is 0 Å². The molecule has 2 heterocycles. The van der Waals surface area contributed by atoms with Crippen molar-refractivity contribution in [2.45, 2.75) is 13.8 Å². The van der Waals surface area contributed by atoms with E-state index in [1.807, 2.05) is 23.1 Å². The van der Waals surface area contributed by atoms with Gasteiger partial charge in [-0.05, 0) is 43.2 Å². The highest BCUT2D eigenvalue weighted by molar-refractivity contribution is 7.22. The Morgan fingerprint density at radius 1 is 0.818 bits per heavy atom. The topological polar surface area (TPSA) is 53.5 Å². The number of aryl methyl sites for hydroxylation is 2. The van der Waals surface area contributed by atoms with Crippen molar-refractivity contribution in [3.63, 3.8) is 0 Å². The molecule has 1 fully saturated rings. The Bertz CT molecular complexity index is 1320. The number of hydrogen-bond acceptors (Lipinski definition) is 5. The number of fused-ring (bicyclic) bond motifs is 1. The van der Waals surface area contributed by atoms with Gasteiger partial charge in [0, 0.05) is 42.9 Å². The molecule has 1 aromatic heterocycles. The molecular formula is C27H25N3O2S. The van der Waals surface area contributed by atoms with Gasteiger partial charge in [0.2, 0.25) is 0 Å². The molecule has 33 heavy (non-hydrogen) atoms. The van der Waals surface area contributed by atoms with E-state index in [9.17, 15) is 9.59 Å². The molecule has 0 spiro atoms. The van der Waals surface area contributed by atoms with Gasteiger partial charge in [0.1, 0.15) is 0 Å². The third-order valence-corrected chi connectivity index (χ3v) is 7.34. The highest BCUT2D eigenvalue weighted by Gasteiger charge is 2.24. The molecule has 0 aliphatic carbocycles. The summed E-state index contributed by atoms with van der Waals surface area (Å²) in [7, 11) is 0. The lowest BCUT2D eigenvalue weighted by Gasteiger charge is -2.34. The van der Waals surface area contributed by atoms with Crippen LogP contribution >= 0.6 is 11.3 Å². The van der Waals surface area contributed by atoms with Gasteiger partial charge in [-0.25, -0.2) is 4.98 Å². The summed E-state index contributed by atoms with van der Waals surface area (Å²) in [5.41, 5.74) is 5.38. The van der Waals surface area contributed by atoms with Gasteiger partial charge in [-0.1, -0.05) is 59.9 Å². The molecule has 1 aliphatic rings. The summed E-state index contributed by atoms with van der Waals surface area (Å²) in [5, 5.41) is 1.02. The maximum absolute atomic E-state index is 13.0. The zero-order valence-corrected chi connectivity index (χ0v) is 19.6. The summed E-state index contributed by atoms with van der Waals surface area (Å²) in [6, 6.07) is 20.5. The van der Waals surface area contributed by atoms with E-state index >= 15 is 0 Å². The molecule has 0 saturated carbocycles. The standard InChI is InChI=1S/C27H25N3O2S/c1-18-16-19(2)25-23(17-18)28-27(33-25)30-14-12-29(13-15-30)26(32)22-10-8-21(9-11-22)24(31)20-6-4-3-5-7-20/h3-11,16-17H,12-15H2,1-2H3. The second-order valence-corrected chi connectivity index (χ2v) is 9.46. The average Bonchev–Trinajstić information content (AvgIpc) is 3.28. The van der Waals surface area contributed by atoms with Gasteiger partial charge in [0.05, 0.1) is 10.2 Å². The molecule has 0 radical (unpaired) electrons. The van der Waals surface area contributed by atoms with Gasteiger partial charge in [0.25, 0.3) is 5.91 Å². The number of benzene rings is 3. The molecule has 0 bridgehead atoms. The second kappa shape index (κ2) is 8.79. The van der Waals surface area contributed by atoms with Crippen molar-refractivity contribution in [1.82, 2.24) is 9.88 Å². The van der Waals surface area contributed by atoms with Crippen molar-refractivity contribution in [2.75, 3.05) is 31.1 Å². The number of hydrogen-bond donors (Lipinski definition) is 0. The lowest BCUT2D eigenvalue weighted by Crippen LogP contribution is -2.48. The van der Waals surface area contributed by atoms with Crippen LogP contribution in [0.3, 0.4) is 0 Å². The number of ketones is 1. The van der Waals surface area contributed by atoms with Crippen LogP contribution in [0.5, 0.6) is 0 Å². The second-order valence-electron chi connectivity index (χ2n) is 8.48. The Labute approximate surface area is 197 Å². The first-order chi connectivity index (χ1) is 16.0. The zero-order chi connectivity index (χ0) is 22.9. The molecule has 166 valence electrons. The molecule has 6 heteroatoms. The highest BCUT2D eigenvalue weighted by atomic mass is 32.1. The number of rotatable bonds is 4. The fourth-order valence-corrected chi connectivity index (χ4v) is 5.37. The van der Waals surface area contributed by atoms with Crippen LogP contribution < -0.4 is 4.90 Å². The molecule has 1 saturated heterocycles. The summed E-state index contributed by atoms with van der Waals surface area (Å²) < 4.78 is 1.24. The van der Waals surface area contributed by atoms with Crippen molar-refractivity contribution in [3.8, 4) is 0 Å². The molecule has 0 unspecified atom stereocenters. The first kappa shape index (κ1) is 21.3. The minimum absolute atomic E-state index is 0.00382. The van der Waals surface area contributed by atoms with E-state index in [4.69, 9.17) is 4.98 Å². The van der Waals surface area contributed by atoms with E-state index < -0.39 is 0 Å². The molecule has 4 aromatic rings. The van der Waals surface area contributed by atoms with Crippen LogP contribution in [-0.4, -0.2) is 47.8 Å². The van der Waals surface area contributed by atoms with Crippen LogP contribution in [0.1, 0.15) is 37.4 Å². The smallest absolute Gasteiger partial charge is 0.253 e. The van der Waals surface area contributed by atoms with E-state index in [1.165, 1.54) is 15.8 Å². The predicted molar refractivity (Wildman–Crippen MR) is 134 cm³/mol. The summed E-state index contributed by atoms with van der Waals surface area (Å²) in [6.07, 6.45) is 0. The number of amides is 1. The Hall–Kier alpha value is -3.51. The van der Waals surface area contributed by atoms with Gasteiger partial charge < -0.3 is 9.80 Å². The fraction of sp³-hybridized carbons (Fsp3) is 0.222. The minimum atomic E-state index is -0.0375. The molecule has 1 amide bonds. The van der Waals surface area contributed by atoms with E-state index in [0.29, 0.717) is 29.8 Å². The van der Waals surface area contributed by atoms with E-state index in [-0.39, 0.29) is 11.7 Å². The first-order valence-electron chi connectivity index (χ1n) is 11.1. The Morgan fingerprint density at radius 2 is 1.45 bits per heavy atom. The summed E-state index contributed by atoms with van der Waals surface area (Å²) in [4.78, 5) is 34.6. The zero-order valence-electron chi connectivity index (χ0n) is 18.7. The summed E-state index contributed by atoms with van der Waals surface area (Å²) in [6.45, 7) is 7.05. The maximum Gasteiger partial charge on any atom is 0.253 e. The van der Waals surface area contributed by atoms with Gasteiger partial charge in [-0.15, -0.1) is 0 Å². The van der Waals surface area contributed by atoms with Crippen LogP contribution in [0.2, 0.25) is 0 Å². The predicted octanol–water partition coefficient (Wildman–Crippen LogP) is 5.11. The molecule has 0 N–H and O–H groups in total. The largest absolute Gasteiger partial charge is 0.345 e. The summed E-state index contributed by atoms with van der Waals surface area (Å²) in [5.74, 6) is -0.0337. The number of aromatic nitrogens is 1. The number of nitrogens with zero attached hydrogens (tertiary/aromatic N) is 3. The molecule has 5 nitrogen and oxygen atoms in total. The highest BCUT2D eigenvalue weighted by Crippen LogP contribution is 2.32. The van der Waals surface area contributed by atoms with Crippen LogP contribution in [0.4, 0.5) is 5.13 Å². The summed E-state index contributed by atoms with van der Waals surface area (Å²) >= 11 is 1.73. The molecular weight excluding hydrogens is 430 g/mol. The fourth-order valence-electron chi connectivity index (χ4n) is 4.30. The first-order valence-corrected chi connectivity index (χ1v) is 11.9. The quantitative estimate of drug-likeness (QED) is 0.402. The van der Waals surface area contributed by atoms with E-state index in [0.717, 1.165) is 23.7 Å². The van der Waals surface area contributed by atoms with Crippen LogP contribution in [0.15, 0.2) is 66.7 Å². The molecule has 5 rings (SSSR count). The van der Waals surface area contributed by atoms with Crippen molar-refractivity contribution in [2.24, 2.45) is 0 Å². The lowest BCUT2D eigenvalue weighted by atomic mass is 10.0. The minimum Gasteiger partial charge on any atom is -0.345 e. The molecule has 3 aromatic carbocycles. The third-order valence-electron chi connectivity index (χ3n) is 6.08. The average molecular weight is 456 g/mol. The van der Waals surface area contributed by atoms with Gasteiger partial charge in [-0.2, -0.15) is 0 Å². The van der Waals surface area contributed by atoms with Crippen molar-refractivity contribution >= 4 is 38.4 Å². The van der Waals surface area contributed by atoms with Gasteiger partial charge in [0.15, 0.2) is 10.9 Å². The number of carbonyl (C=O) groups excluding carboxylic acids is 2. The van der Waals surface area contributed by atoms with Gasteiger partial charge >= 0.3 is 0 Å². The maximum atomic E-state index is 13.0. The number of thiazole rings is 1. The normalized spacial score (nSPS) is 14.0. The van der Waals surface area contributed by atoms with Crippen LogP contribution in [0, 0.1) is 13.8 Å². The van der Waals surface area contributed by atoms with Crippen LogP contribution in [0.25, 0.3) is 10.2 Å². The Balaban J connectivity index is 1.24. The Kier molecular flexibility index (Phi) is 5.68. The SMILES string of the molecule is Cc1cc(C)c2sc(N3CCN(C(=O)c4ccc(C(=O)c5ccccc5)cc4)CC3)nc2c1. The third kappa shape index (κ3) is 4.26. The van der Waals surface area contributed by atoms with E-state index in [2.05, 4.69) is 30.9 Å². The van der Waals surface area contributed by atoms with Crippen molar-refractivity contribution < 1.29 is 9.59 Å².